The maximum Gasteiger partial charge on any atom is 0.273 e. The van der Waals surface area contributed by atoms with E-state index in [1.54, 1.807) is 0 Å². The monoisotopic (exact) mass is 267 g/mol. The largest absolute Gasteiger partial charge is 0.393 e. The van der Waals surface area contributed by atoms with Crippen LogP contribution < -0.4 is 10.6 Å². The van der Waals surface area contributed by atoms with Gasteiger partial charge in [-0.3, -0.25) is 10.1 Å². The lowest BCUT2D eigenvalue weighted by Gasteiger charge is -2.11. The zero-order valence-electron chi connectivity index (χ0n) is 11.3. The van der Waals surface area contributed by atoms with Gasteiger partial charge in [0.15, 0.2) is 0 Å². The first kappa shape index (κ1) is 15.2. The molecule has 6 nitrogen and oxygen atoms in total. The second-order valence-corrected chi connectivity index (χ2v) is 4.33. The van der Waals surface area contributed by atoms with E-state index in [-0.39, 0.29) is 11.8 Å². The molecular formula is C13H21N3O3. The molecule has 0 aliphatic carbocycles. The van der Waals surface area contributed by atoms with Crippen LogP contribution in [-0.4, -0.2) is 29.2 Å². The molecule has 0 aliphatic rings. The molecule has 0 amide bonds. The molecule has 3 N–H and O–H groups in total. The summed E-state index contributed by atoms with van der Waals surface area (Å²) in [7, 11) is 0. The number of non-ortho nitro benzene ring substituents is 1. The van der Waals surface area contributed by atoms with Gasteiger partial charge < -0.3 is 15.7 Å². The smallest absolute Gasteiger partial charge is 0.273 e. The fourth-order valence-corrected chi connectivity index (χ4v) is 1.71. The third kappa shape index (κ3) is 5.13. The van der Waals surface area contributed by atoms with Crippen LogP contribution in [0.2, 0.25) is 0 Å². The molecule has 1 unspecified atom stereocenters. The standard InChI is InChI=1S/C13H21N3O3/c1-3-13(17)5-6-15-11-7-10(14-4-2)8-12(9-11)16(18)19/h7-9,13-15,17H,3-6H2,1-2H3. The molecule has 0 aromatic heterocycles. The zero-order chi connectivity index (χ0) is 14.3. The molecule has 0 heterocycles. The normalized spacial score (nSPS) is 11.9. The van der Waals surface area contributed by atoms with Crippen molar-refractivity contribution in [2.75, 3.05) is 23.7 Å². The number of aliphatic hydroxyl groups is 1. The lowest BCUT2D eigenvalue weighted by atomic mass is 10.2. The van der Waals surface area contributed by atoms with Gasteiger partial charge in [0.05, 0.1) is 11.0 Å². The fourth-order valence-electron chi connectivity index (χ4n) is 1.71. The zero-order valence-corrected chi connectivity index (χ0v) is 11.3. The maximum absolute atomic E-state index is 10.8. The minimum absolute atomic E-state index is 0.0528. The van der Waals surface area contributed by atoms with E-state index in [9.17, 15) is 15.2 Å². The highest BCUT2D eigenvalue weighted by atomic mass is 16.6. The molecule has 1 atom stereocenters. The molecule has 1 aromatic rings. The first-order valence-electron chi connectivity index (χ1n) is 6.52. The second kappa shape index (κ2) is 7.58. The Balaban J connectivity index is 2.73. The summed E-state index contributed by atoms with van der Waals surface area (Å²) in [6.45, 7) is 5.14. The van der Waals surface area contributed by atoms with E-state index in [4.69, 9.17) is 0 Å². The van der Waals surface area contributed by atoms with Crippen LogP contribution >= 0.6 is 0 Å². The van der Waals surface area contributed by atoms with Crippen LogP contribution in [0.15, 0.2) is 18.2 Å². The van der Waals surface area contributed by atoms with Gasteiger partial charge in [-0.15, -0.1) is 0 Å². The topological polar surface area (TPSA) is 87.4 Å². The Kier molecular flexibility index (Phi) is 6.08. The molecular weight excluding hydrogens is 246 g/mol. The molecule has 0 bridgehead atoms. The van der Waals surface area contributed by atoms with Gasteiger partial charge in [-0.2, -0.15) is 0 Å². The molecule has 0 fully saturated rings. The van der Waals surface area contributed by atoms with Crippen LogP contribution in [0, 0.1) is 10.1 Å². The number of anilines is 2. The van der Waals surface area contributed by atoms with Gasteiger partial charge in [-0.25, -0.2) is 0 Å². The summed E-state index contributed by atoms with van der Waals surface area (Å²) in [4.78, 5) is 10.4. The number of hydrogen-bond donors (Lipinski definition) is 3. The van der Waals surface area contributed by atoms with Crippen molar-refractivity contribution in [2.45, 2.75) is 32.8 Å². The third-order valence-electron chi connectivity index (χ3n) is 2.79. The third-order valence-corrected chi connectivity index (χ3v) is 2.79. The van der Waals surface area contributed by atoms with Crippen molar-refractivity contribution in [1.82, 2.24) is 0 Å². The van der Waals surface area contributed by atoms with Crippen molar-refractivity contribution in [2.24, 2.45) is 0 Å². The molecule has 0 saturated carbocycles. The van der Waals surface area contributed by atoms with Gasteiger partial charge in [-0.05, 0) is 25.8 Å². The first-order chi connectivity index (χ1) is 9.06. The number of benzene rings is 1. The molecule has 1 aromatic carbocycles. The second-order valence-electron chi connectivity index (χ2n) is 4.33. The molecule has 0 radical (unpaired) electrons. The van der Waals surface area contributed by atoms with Gasteiger partial charge in [0.25, 0.3) is 5.69 Å². The highest BCUT2D eigenvalue weighted by Gasteiger charge is 2.09. The van der Waals surface area contributed by atoms with Crippen molar-refractivity contribution >= 4 is 17.1 Å². The molecule has 0 saturated heterocycles. The summed E-state index contributed by atoms with van der Waals surface area (Å²) >= 11 is 0. The number of nitro groups is 1. The van der Waals surface area contributed by atoms with Crippen LogP contribution in [-0.2, 0) is 0 Å². The Morgan fingerprint density at radius 3 is 2.42 bits per heavy atom. The fraction of sp³-hybridized carbons (Fsp3) is 0.538. The molecule has 0 aliphatic heterocycles. The summed E-state index contributed by atoms with van der Waals surface area (Å²) in [5, 5.41) is 26.5. The summed E-state index contributed by atoms with van der Waals surface area (Å²) in [5.74, 6) is 0. The minimum Gasteiger partial charge on any atom is -0.393 e. The lowest BCUT2D eigenvalue weighted by Crippen LogP contribution is -2.12. The number of hydrogen-bond acceptors (Lipinski definition) is 5. The van der Waals surface area contributed by atoms with Crippen molar-refractivity contribution < 1.29 is 10.0 Å². The maximum atomic E-state index is 10.8. The van der Waals surface area contributed by atoms with E-state index in [0.717, 1.165) is 5.69 Å². The molecule has 1 rings (SSSR count). The van der Waals surface area contributed by atoms with E-state index in [1.165, 1.54) is 12.1 Å². The van der Waals surface area contributed by atoms with E-state index in [1.807, 2.05) is 19.9 Å². The number of rotatable bonds is 8. The summed E-state index contributed by atoms with van der Waals surface area (Å²) in [6.07, 6.45) is 0.995. The average molecular weight is 267 g/mol. The number of nitro benzene ring substituents is 1. The van der Waals surface area contributed by atoms with Crippen LogP contribution in [0.25, 0.3) is 0 Å². The minimum atomic E-state index is -0.410. The Bertz CT molecular complexity index is 424. The van der Waals surface area contributed by atoms with Gasteiger partial charge >= 0.3 is 0 Å². The van der Waals surface area contributed by atoms with E-state index < -0.39 is 4.92 Å². The Hall–Kier alpha value is -1.82. The predicted molar refractivity (Wildman–Crippen MR) is 76.7 cm³/mol. The lowest BCUT2D eigenvalue weighted by molar-refractivity contribution is -0.384. The molecule has 0 spiro atoms. The summed E-state index contributed by atoms with van der Waals surface area (Å²) < 4.78 is 0. The van der Waals surface area contributed by atoms with Gasteiger partial charge in [0.1, 0.15) is 0 Å². The van der Waals surface area contributed by atoms with E-state index in [0.29, 0.717) is 31.6 Å². The van der Waals surface area contributed by atoms with Crippen LogP contribution in [0.3, 0.4) is 0 Å². The number of aliphatic hydroxyl groups excluding tert-OH is 1. The van der Waals surface area contributed by atoms with Crippen LogP contribution in [0.5, 0.6) is 0 Å². The highest BCUT2D eigenvalue weighted by molar-refractivity contribution is 5.63. The van der Waals surface area contributed by atoms with Crippen molar-refractivity contribution in [3.05, 3.63) is 28.3 Å². The molecule has 6 heteroatoms. The summed E-state index contributed by atoms with van der Waals surface area (Å²) in [5.41, 5.74) is 1.46. The van der Waals surface area contributed by atoms with E-state index in [2.05, 4.69) is 10.6 Å². The van der Waals surface area contributed by atoms with Gasteiger partial charge in [0.2, 0.25) is 0 Å². The Morgan fingerprint density at radius 1 is 1.26 bits per heavy atom. The SMILES string of the molecule is CCNc1cc(NCCC(O)CC)cc([N+](=O)[O-])c1. The number of nitrogens with zero attached hydrogens (tertiary/aromatic N) is 1. The van der Waals surface area contributed by atoms with Crippen LogP contribution in [0.1, 0.15) is 26.7 Å². The Morgan fingerprint density at radius 2 is 1.89 bits per heavy atom. The molecule has 106 valence electrons. The summed E-state index contributed by atoms with van der Waals surface area (Å²) in [6, 6.07) is 4.84. The highest BCUT2D eigenvalue weighted by Crippen LogP contribution is 2.24. The van der Waals surface area contributed by atoms with Crippen molar-refractivity contribution in [3.63, 3.8) is 0 Å². The average Bonchev–Trinajstić information content (AvgIpc) is 2.38. The molecule has 19 heavy (non-hydrogen) atoms. The Labute approximate surface area is 113 Å². The van der Waals surface area contributed by atoms with Crippen molar-refractivity contribution in [3.8, 4) is 0 Å². The van der Waals surface area contributed by atoms with Gasteiger partial charge in [0, 0.05) is 36.6 Å². The first-order valence-corrected chi connectivity index (χ1v) is 6.52. The quantitative estimate of drug-likeness (QED) is 0.498. The van der Waals surface area contributed by atoms with Crippen LogP contribution in [0.4, 0.5) is 17.1 Å². The van der Waals surface area contributed by atoms with Crippen molar-refractivity contribution in [1.29, 1.82) is 0 Å². The van der Waals surface area contributed by atoms with Gasteiger partial charge in [-0.1, -0.05) is 6.92 Å². The number of nitrogens with one attached hydrogen (secondary N) is 2. The van der Waals surface area contributed by atoms with E-state index >= 15 is 0 Å². The predicted octanol–water partition coefficient (Wildman–Crippen LogP) is 2.60.